The van der Waals surface area contributed by atoms with Gasteiger partial charge in [-0.05, 0) is 37.1 Å². The third kappa shape index (κ3) is 3.99. The molecule has 25 heavy (non-hydrogen) atoms. The van der Waals surface area contributed by atoms with Crippen molar-refractivity contribution in [3.05, 3.63) is 60.4 Å². The highest BCUT2D eigenvalue weighted by atomic mass is 16.5. The molecule has 2 N–H and O–H groups in total. The number of hydrogen-bond acceptors (Lipinski definition) is 3. The molecule has 0 radical (unpaired) electrons. The fraction of sp³-hybridized carbons (Fsp3) is 0.300. The Morgan fingerprint density at radius 1 is 1.04 bits per heavy atom. The van der Waals surface area contributed by atoms with Crippen LogP contribution in [0.3, 0.4) is 0 Å². The van der Waals surface area contributed by atoms with E-state index in [-0.39, 0.29) is 17.9 Å². The summed E-state index contributed by atoms with van der Waals surface area (Å²) in [4.78, 5) is 20.5. The van der Waals surface area contributed by atoms with E-state index in [1.54, 1.807) is 6.92 Å². The smallest absolute Gasteiger partial charge is 0.261 e. The van der Waals surface area contributed by atoms with Gasteiger partial charge < -0.3 is 15.0 Å². The number of carbonyl (C=O) groups excluding carboxylic acids is 1. The third-order valence-corrected chi connectivity index (χ3v) is 4.09. The van der Waals surface area contributed by atoms with Crippen LogP contribution in [-0.2, 0) is 4.79 Å². The SMILES string of the molecule is CC(C)[C@@H](NC(=O)[C@H](C)Oc1ccccc1)c1nc2ccccc2[nH]1. The Hall–Kier alpha value is -2.82. The minimum Gasteiger partial charge on any atom is -0.481 e. The third-order valence-electron chi connectivity index (χ3n) is 4.09. The predicted octanol–water partition coefficient (Wildman–Crippen LogP) is 3.84. The Bertz CT molecular complexity index is 809. The first-order valence-corrected chi connectivity index (χ1v) is 8.51. The number of nitrogens with one attached hydrogen (secondary N) is 2. The highest BCUT2D eigenvalue weighted by Gasteiger charge is 2.25. The van der Waals surface area contributed by atoms with E-state index in [0.29, 0.717) is 5.75 Å². The molecule has 0 aliphatic carbocycles. The van der Waals surface area contributed by atoms with Crippen LogP contribution in [0.2, 0.25) is 0 Å². The maximum absolute atomic E-state index is 12.6. The van der Waals surface area contributed by atoms with Crippen molar-refractivity contribution in [2.75, 3.05) is 0 Å². The summed E-state index contributed by atoms with van der Waals surface area (Å²) >= 11 is 0. The lowest BCUT2D eigenvalue weighted by Gasteiger charge is -2.23. The number of rotatable bonds is 6. The van der Waals surface area contributed by atoms with Crippen molar-refractivity contribution in [1.29, 1.82) is 0 Å². The van der Waals surface area contributed by atoms with Crippen molar-refractivity contribution >= 4 is 16.9 Å². The highest BCUT2D eigenvalue weighted by Crippen LogP contribution is 2.22. The molecule has 0 aliphatic rings. The first-order valence-electron chi connectivity index (χ1n) is 8.51. The molecule has 5 nitrogen and oxygen atoms in total. The Kier molecular flexibility index (Phi) is 5.03. The van der Waals surface area contributed by atoms with Gasteiger partial charge in [0.2, 0.25) is 0 Å². The molecule has 0 unspecified atom stereocenters. The summed E-state index contributed by atoms with van der Waals surface area (Å²) in [6.45, 7) is 5.86. The summed E-state index contributed by atoms with van der Waals surface area (Å²) in [6.07, 6.45) is -0.590. The number of H-pyrrole nitrogens is 1. The van der Waals surface area contributed by atoms with Gasteiger partial charge in [0.15, 0.2) is 6.10 Å². The molecule has 1 heterocycles. The summed E-state index contributed by atoms with van der Waals surface area (Å²) in [5.41, 5.74) is 1.86. The number of benzene rings is 2. The van der Waals surface area contributed by atoms with Crippen LogP contribution in [0.4, 0.5) is 0 Å². The Labute approximate surface area is 147 Å². The monoisotopic (exact) mass is 337 g/mol. The van der Waals surface area contributed by atoms with E-state index in [2.05, 4.69) is 29.1 Å². The molecule has 0 aliphatic heterocycles. The molecular formula is C20H23N3O2. The normalized spacial score (nSPS) is 13.6. The van der Waals surface area contributed by atoms with Crippen LogP contribution in [-0.4, -0.2) is 22.0 Å². The maximum atomic E-state index is 12.6. The van der Waals surface area contributed by atoms with Gasteiger partial charge in [-0.3, -0.25) is 4.79 Å². The van der Waals surface area contributed by atoms with E-state index in [0.717, 1.165) is 16.9 Å². The van der Waals surface area contributed by atoms with Gasteiger partial charge in [-0.25, -0.2) is 4.98 Å². The summed E-state index contributed by atoms with van der Waals surface area (Å²) in [6, 6.07) is 17.0. The first kappa shape index (κ1) is 17.0. The lowest BCUT2D eigenvalue weighted by Crippen LogP contribution is -2.40. The molecule has 2 atom stereocenters. The van der Waals surface area contributed by atoms with E-state index >= 15 is 0 Å². The zero-order chi connectivity index (χ0) is 17.8. The average Bonchev–Trinajstić information content (AvgIpc) is 3.03. The lowest BCUT2D eigenvalue weighted by atomic mass is 10.0. The predicted molar refractivity (Wildman–Crippen MR) is 98.3 cm³/mol. The van der Waals surface area contributed by atoms with Gasteiger partial charge in [-0.1, -0.05) is 44.2 Å². The molecule has 0 fully saturated rings. The number of amides is 1. The molecule has 5 heteroatoms. The Morgan fingerprint density at radius 3 is 2.40 bits per heavy atom. The Morgan fingerprint density at radius 2 is 1.72 bits per heavy atom. The number of aromatic amines is 1. The molecule has 0 saturated heterocycles. The number of imidazole rings is 1. The summed E-state index contributed by atoms with van der Waals surface area (Å²) in [7, 11) is 0. The van der Waals surface area contributed by atoms with Crippen molar-refractivity contribution in [3.63, 3.8) is 0 Å². The van der Waals surface area contributed by atoms with Gasteiger partial charge >= 0.3 is 0 Å². The maximum Gasteiger partial charge on any atom is 0.261 e. The minimum absolute atomic E-state index is 0.164. The van der Waals surface area contributed by atoms with Gasteiger partial charge in [0, 0.05) is 0 Å². The van der Waals surface area contributed by atoms with Gasteiger partial charge in [0.1, 0.15) is 11.6 Å². The molecule has 0 bridgehead atoms. The van der Waals surface area contributed by atoms with E-state index in [4.69, 9.17) is 4.74 Å². The van der Waals surface area contributed by atoms with Crippen molar-refractivity contribution < 1.29 is 9.53 Å². The van der Waals surface area contributed by atoms with Crippen molar-refractivity contribution in [2.24, 2.45) is 5.92 Å². The molecule has 2 aromatic carbocycles. The van der Waals surface area contributed by atoms with E-state index < -0.39 is 6.10 Å². The number of hydrogen-bond donors (Lipinski definition) is 2. The van der Waals surface area contributed by atoms with Gasteiger partial charge in [0.05, 0.1) is 17.1 Å². The minimum atomic E-state index is -0.590. The fourth-order valence-electron chi connectivity index (χ4n) is 2.70. The van der Waals surface area contributed by atoms with Crippen molar-refractivity contribution in [1.82, 2.24) is 15.3 Å². The molecular weight excluding hydrogens is 314 g/mol. The quantitative estimate of drug-likeness (QED) is 0.718. The van der Waals surface area contributed by atoms with Crippen LogP contribution in [0.15, 0.2) is 54.6 Å². The number of fused-ring (bicyclic) bond motifs is 1. The van der Waals surface area contributed by atoms with Crippen LogP contribution in [0.25, 0.3) is 11.0 Å². The molecule has 130 valence electrons. The average molecular weight is 337 g/mol. The summed E-state index contributed by atoms with van der Waals surface area (Å²) in [5, 5.41) is 3.06. The largest absolute Gasteiger partial charge is 0.481 e. The summed E-state index contributed by atoms with van der Waals surface area (Å²) in [5.74, 6) is 1.46. The van der Waals surface area contributed by atoms with Gasteiger partial charge in [-0.2, -0.15) is 0 Å². The first-order chi connectivity index (χ1) is 12.0. The van der Waals surface area contributed by atoms with Crippen LogP contribution < -0.4 is 10.1 Å². The van der Waals surface area contributed by atoms with Gasteiger partial charge in [0.25, 0.3) is 5.91 Å². The van der Waals surface area contributed by atoms with Crippen LogP contribution in [0.5, 0.6) is 5.75 Å². The number of aromatic nitrogens is 2. The second kappa shape index (κ2) is 7.38. The van der Waals surface area contributed by atoms with E-state index in [1.165, 1.54) is 0 Å². The molecule has 1 amide bonds. The molecule has 3 rings (SSSR count). The molecule has 3 aromatic rings. The number of carbonyl (C=O) groups is 1. The van der Waals surface area contributed by atoms with Gasteiger partial charge in [-0.15, -0.1) is 0 Å². The van der Waals surface area contributed by atoms with Crippen LogP contribution >= 0.6 is 0 Å². The van der Waals surface area contributed by atoms with E-state index in [1.807, 2.05) is 54.6 Å². The Balaban J connectivity index is 1.73. The lowest BCUT2D eigenvalue weighted by molar-refractivity contribution is -0.128. The highest BCUT2D eigenvalue weighted by molar-refractivity contribution is 5.81. The zero-order valence-electron chi connectivity index (χ0n) is 14.7. The number of nitrogens with zero attached hydrogens (tertiary/aromatic N) is 1. The zero-order valence-corrected chi connectivity index (χ0v) is 14.7. The van der Waals surface area contributed by atoms with Crippen LogP contribution in [0, 0.1) is 5.92 Å². The fourth-order valence-corrected chi connectivity index (χ4v) is 2.70. The summed E-state index contributed by atoms with van der Waals surface area (Å²) < 4.78 is 5.71. The number of ether oxygens (including phenoxy) is 1. The van der Waals surface area contributed by atoms with Crippen molar-refractivity contribution in [3.8, 4) is 5.75 Å². The van der Waals surface area contributed by atoms with Crippen LogP contribution in [0.1, 0.15) is 32.6 Å². The second-order valence-corrected chi connectivity index (χ2v) is 6.44. The second-order valence-electron chi connectivity index (χ2n) is 6.44. The topological polar surface area (TPSA) is 67.0 Å². The standard InChI is InChI=1S/C20H23N3O2/c1-13(2)18(19-21-16-11-7-8-12-17(16)22-19)23-20(24)14(3)25-15-9-5-4-6-10-15/h4-14,18H,1-3H3,(H,21,22)(H,23,24)/t14-,18+/m0/s1. The molecule has 0 spiro atoms. The molecule has 0 saturated carbocycles. The van der Waals surface area contributed by atoms with Crippen molar-refractivity contribution in [2.45, 2.75) is 32.9 Å². The van der Waals surface area contributed by atoms with E-state index in [9.17, 15) is 4.79 Å². The number of para-hydroxylation sites is 3. The molecule has 1 aromatic heterocycles.